The first-order valence-corrected chi connectivity index (χ1v) is 10.8. The van der Waals surface area contributed by atoms with Gasteiger partial charge in [-0.05, 0) is 50.3 Å². The number of aryl methyl sites for hydroxylation is 2. The van der Waals surface area contributed by atoms with Gasteiger partial charge in [-0.2, -0.15) is 0 Å². The van der Waals surface area contributed by atoms with Crippen LogP contribution in [0.25, 0.3) is 10.2 Å². The number of piperidine rings is 1. The number of thiophene rings is 1. The number of fused-ring (bicyclic) bond motifs is 2. The van der Waals surface area contributed by atoms with Crippen LogP contribution in [0, 0.1) is 19.8 Å². The largest absolute Gasteiger partial charge is 0.356 e. The quantitative estimate of drug-likeness (QED) is 0.658. The molecule has 0 saturated carbocycles. The molecular weight excluding hydrogens is 368 g/mol. The maximum Gasteiger partial charge on any atom is 0.230 e. The first kappa shape index (κ1) is 17.6. The van der Waals surface area contributed by atoms with E-state index in [1.54, 1.807) is 17.7 Å². The standard InChI is InChI=1S/C22H24N4OS/c1-14-15(2)28-21-19(14)20(23-13-24-21)25-10-7-17(8-11-25)22(27)26-12-9-16-5-3-4-6-18(16)26/h3-6,13,17H,7-12H2,1-2H3. The molecule has 0 N–H and O–H groups in total. The van der Waals surface area contributed by atoms with Gasteiger partial charge in [-0.25, -0.2) is 9.97 Å². The number of carbonyl (C=O) groups excluding carboxylic acids is 1. The van der Waals surface area contributed by atoms with Crippen molar-refractivity contribution in [2.45, 2.75) is 33.1 Å². The summed E-state index contributed by atoms with van der Waals surface area (Å²) in [5.74, 6) is 1.43. The molecule has 1 saturated heterocycles. The predicted molar refractivity (Wildman–Crippen MR) is 114 cm³/mol. The topological polar surface area (TPSA) is 49.3 Å². The van der Waals surface area contributed by atoms with Gasteiger partial charge in [-0.15, -0.1) is 11.3 Å². The van der Waals surface area contributed by atoms with Gasteiger partial charge >= 0.3 is 0 Å². The smallest absolute Gasteiger partial charge is 0.230 e. The molecule has 0 aliphatic carbocycles. The van der Waals surface area contributed by atoms with Crippen molar-refractivity contribution in [3.63, 3.8) is 0 Å². The van der Waals surface area contributed by atoms with E-state index in [0.717, 1.165) is 55.2 Å². The van der Waals surface area contributed by atoms with Crippen LogP contribution in [-0.4, -0.2) is 35.5 Å². The number of benzene rings is 1. The third-order valence-electron chi connectivity index (χ3n) is 6.24. The summed E-state index contributed by atoms with van der Waals surface area (Å²) in [6.07, 6.45) is 4.40. The fourth-order valence-electron chi connectivity index (χ4n) is 4.53. The lowest BCUT2D eigenvalue weighted by atomic mass is 9.95. The molecule has 0 spiro atoms. The Hall–Kier alpha value is -2.47. The summed E-state index contributed by atoms with van der Waals surface area (Å²) >= 11 is 1.73. The molecule has 28 heavy (non-hydrogen) atoms. The van der Waals surface area contributed by atoms with Crippen molar-refractivity contribution in [1.29, 1.82) is 0 Å². The van der Waals surface area contributed by atoms with Crippen LogP contribution in [0.5, 0.6) is 0 Å². The van der Waals surface area contributed by atoms with Crippen molar-refractivity contribution in [2.24, 2.45) is 5.92 Å². The normalized spacial score (nSPS) is 17.4. The van der Waals surface area contributed by atoms with Gasteiger partial charge in [0.2, 0.25) is 5.91 Å². The van der Waals surface area contributed by atoms with Crippen LogP contribution in [0.3, 0.4) is 0 Å². The molecule has 4 heterocycles. The molecule has 0 radical (unpaired) electrons. The number of amides is 1. The highest BCUT2D eigenvalue weighted by molar-refractivity contribution is 7.18. The van der Waals surface area contributed by atoms with Crippen LogP contribution < -0.4 is 9.80 Å². The molecule has 0 bridgehead atoms. The van der Waals surface area contributed by atoms with Crippen LogP contribution in [0.1, 0.15) is 28.8 Å². The fourth-order valence-corrected chi connectivity index (χ4v) is 5.52. The maximum absolute atomic E-state index is 13.2. The monoisotopic (exact) mass is 392 g/mol. The van der Waals surface area contributed by atoms with E-state index in [2.05, 4.69) is 46.9 Å². The van der Waals surface area contributed by atoms with Crippen molar-refractivity contribution < 1.29 is 4.79 Å². The Bertz CT molecular complexity index is 1050. The van der Waals surface area contributed by atoms with Crippen LogP contribution in [0.15, 0.2) is 30.6 Å². The number of aromatic nitrogens is 2. The van der Waals surface area contributed by atoms with Crippen molar-refractivity contribution in [3.05, 3.63) is 46.6 Å². The Labute approximate surface area is 169 Å². The van der Waals surface area contributed by atoms with E-state index in [-0.39, 0.29) is 5.92 Å². The number of carbonyl (C=O) groups is 1. The summed E-state index contributed by atoms with van der Waals surface area (Å²) in [6.45, 7) is 6.85. The molecule has 5 rings (SSSR count). The number of anilines is 2. The molecule has 2 aromatic heterocycles. The maximum atomic E-state index is 13.2. The van der Waals surface area contributed by atoms with Gasteiger partial charge in [0.1, 0.15) is 17.0 Å². The van der Waals surface area contributed by atoms with Gasteiger partial charge in [0.15, 0.2) is 0 Å². The zero-order chi connectivity index (χ0) is 19.3. The zero-order valence-corrected chi connectivity index (χ0v) is 17.1. The van der Waals surface area contributed by atoms with Gasteiger partial charge in [0, 0.05) is 36.1 Å². The molecule has 2 aliphatic heterocycles. The molecule has 1 amide bonds. The number of hydrogen-bond donors (Lipinski definition) is 0. The van der Waals surface area contributed by atoms with Crippen LogP contribution >= 0.6 is 11.3 Å². The molecular formula is C22H24N4OS. The van der Waals surface area contributed by atoms with E-state index >= 15 is 0 Å². The second kappa shape index (κ2) is 6.85. The summed E-state index contributed by atoms with van der Waals surface area (Å²) in [5.41, 5.74) is 3.68. The Morgan fingerprint density at radius 2 is 1.89 bits per heavy atom. The van der Waals surface area contributed by atoms with Crippen LogP contribution in [-0.2, 0) is 11.2 Å². The highest BCUT2D eigenvalue weighted by Gasteiger charge is 2.33. The van der Waals surface area contributed by atoms with Crippen LogP contribution in [0.2, 0.25) is 0 Å². The van der Waals surface area contributed by atoms with E-state index in [1.165, 1.54) is 21.4 Å². The van der Waals surface area contributed by atoms with E-state index in [4.69, 9.17) is 0 Å². The average Bonchev–Trinajstić information content (AvgIpc) is 3.29. The third-order valence-corrected chi connectivity index (χ3v) is 7.36. The number of para-hydroxylation sites is 1. The summed E-state index contributed by atoms with van der Waals surface area (Å²) in [5, 5.41) is 1.18. The number of rotatable bonds is 2. The van der Waals surface area contributed by atoms with Gasteiger partial charge in [-0.1, -0.05) is 18.2 Å². The first-order chi connectivity index (χ1) is 13.6. The van der Waals surface area contributed by atoms with Crippen molar-refractivity contribution >= 4 is 39.0 Å². The Kier molecular flexibility index (Phi) is 4.31. The third kappa shape index (κ3) is 2.78. The van der Waals surface area contributed by atoms with Gasteiger partial charge in [0.05, 0.1) is 5.39 Å². The molecule has 0 atom stereocenters. The average molecular weight is 393 g/mol. The molecule has 5 nitrogen and oxygen atoms in total. The van der Waals surface area contributed by atoms with E-state index in [9.17, 15) is 4.79 Å². The van der Waals surface area contributed by atoms with Crippen LogP contribution in [0.4, 0.5) is 11.5 Å². The van der Waals surface area contributed by atoms with Crippen molar-refractivity contribution in [1.82, 2.24) is 9.97 Å². The Morgan fingerprint density at radius 3 is 2.71 bits per heavy atom. The van der Waals surface area contributed by atoms with Crippen molar-refractivity contribution in [3.8, 4) is 0 Å². The van der Waals surface area contributed by atoms with Gasteiger partial charge in [0.25, 0.3) is 0 Å². The number of hydrogen-bond acceptors (Lipinski definition) is 5. The summed E-state index contributed by atoms with van der Waals surface area (Å²) in [4.78, 5) is 28.9. The van der Waals surface area contributed by atoms with E-state index < -0.39 is 0 Å². The molecule has 1 aromatic carbocycles. The minimum Gasteiger partial charge on any atom is -0.356 e. The molecule has 2 aliphatic rings. The number of nitrogens with zero attached hydrogens (tertiary/aromatic N) is 4. The van der Waals surface area contributed by atoms with E-state index in [1.807, 2.05) is 11.0 Å². The fraction of sp³-hybridized carbons (Fsp3) is 0.409. The lowest BCUT2D eigenvalue weighted by molar-refractivity contribution is -0.122. The molecule has 1 fully saturated rings. The lowest BCUT2D eigenvalue weighted by Crippen LogP contribution is -2.42. The summed E-state index contributed by atoms with van der Waals surface area (Å²) in [7, 11) is 0. The summed E-state index contributed by atoms with van der Waals surface area (Å²) in [6, 6.07) is 8.30. The SMILES string of the molecule is Cc1sc2ncnc(N3CCC(C(=O)N4CCc5ccccc54)CC3)c2c1C. The minimum atomic E-state index is 0.102. The first-order valence-electron chi connectivity index (χ1n) is 9.98. The van der Waals surface area contributed by atoms with Gasteiger partial charge in [-0.3, -0.25) is 4.79 Å². The van der Waals surface area contributed by atoms with E-state index in [0.29, 0.717) is 5.91 Å². The highest BCUT2D eigenvalue weighted by atomic mass is 32.1. The Morgan fingerprint density at radius 1 is 1.11 bits per heavy atom. The van der Waals surface area contributed by atoms with Gasteiger partial charge < -0.3 is 9.80 Å². The minimum absolute atomic E-state index is 0.102. The Balaban J connectivity index is 1.33. The second-order valence-electron chi connectivity index (χ2n) is 7.79. The predicted octanol–water partition coefficient (Wildman–Crippen LogP) is 4.11. The zero-order valence-electron chi connectivity index (χ0n) is 16.3. The lowest BCUT2D eigenvalue weighted by Gasteiger charge is -2.34. The van der Waals surface area contributed by atoms with Crippen molar-refractivity contribution in [2.75, 3.05) is 29.4 Å². The molecule has 144 valence electrons. The molecule has 3 aromatic rings. The second-order valence-corrected chi connectivity index (χ2v) is 8.99. The molecule has 0 unspecified atom stereocenters. The molecule has 6 heteroatoms. The summed E-state index contributed by atoms with van der Waals surface area (Å²) < 4.78 is 0. The highest BCUT2D eigenvalue weighted by Crippen LogP contribution is 2.36.